The predicted molar refractivity (Wildman–Crippen MR) is 145 cm³/mol. The summed E-state index contributed by atoms with van der Waals surface area (Å²) in [7, 11) is -3.01. The first-order chi connectivity index (χ1) is 20.8. The molecular weight excluding hydrogens is 642 g/mol. The number of ether oxygens (including phenoxy) is 2. The maximum absolute atomic E-state index is 15.8. The van der Waals surface area contributed by atoms with E-state index in [1.807, 2.05) is 0 Å². The topological polar surface area (TPSA) is 108 Å². The molecule has 0 aliphatic heterocycles. The molecular formula is C28H15ClF6N2O6S. The molecule has 16 heteroatoms. The van der Waals surface area contributed by atoms with Gasteiger partial charge in [0.1, 0.15) is 16.5 Å². The fourth-order valence-electron chi connectivity index (χ4n) is 4.42. The average molecular weight is 657 g/mol. The van der Waals surface area contributed by atoms with Crippen LogP contribution in [0, 0.1) is 34.9 Å². The highest BCUT2D eigenvalue weighted by Gasteiger charge is 2.33. The zero-order valence-corrected chi connectivity index (χ0v) is 23.6. The molecule has 0 spiro atoms. The minimum Gasteiger partial charge on any atom is -0.496 e. The number of rotatable bonds is 7. The minimum atomic E-state index is -5.45. The first-order valence-corrected chi connectivity index (χ1v) is 13.8. The molecule has 0 bridgehead atoms. The quantitative estimate of drug-likeness (QED) is 0.0919. The standard InChI is InChI=1S/C28H15ClF6N2O6S/c1-41-18-9-13(14-7-11(29)10-36-28(14)42-2)16(30)8-15(18)21-12-3-6-20(38)37-17(12)4-5-19(21)44(39,40)43-27-25(34)23(32)22(31)24(33)26(27)35/h3-10H,1-2H3,(H,37,38). The molecule has 0 amide bonds. The van der Waals surface area contributed by atoms with Gasteiger partial charge >= 0.3 is 10.1 Å². The first kappa shape index (κ1) is 30.7. The van der Waals surface area contributed by atoms with E-state index in [0.717, 1.165) is 36.4 Å². The Morgan fingerprint density at radius 2 is 1.45 bits per heavy atom. The number of hydrogen-bond donors (Lipinski definition) is 1. The molecule has 0 aliphatic rings. The van der Waals surface area contributed by atoms with E-state index in [4.69, 9.17) is 21.1 Å². The zero-order chi connectivity index (χ0) is 32.1. The van der Waals surface area contributed by atoms with E-state index in [1.54, 1.807) is 0 Å². The summed E-state index contributed by atoms with van der Waals surface area (Å²) in [6, 6.07) is 7.43. The van der Waals surface area contributed by atoms with Crippen molar-refractivity contribution in [3.05, 3.63) is 98.9 Å². The molecule has 0 radical (unpaired) electrons. The number of nitrogens with zero attached hydrogens (tertiary/aromatic N) is 1. The van der Waals surface area contributed by atoms with Crippen LogP contribution >= 0.6 is 11.6 Å². The maximum atomic E-state index is 15.8. The minimum absolute atomic E-state index is 0.0229. The third-order valence-electron chi connectivity index (χ3n) is 6.36. The van der Waals surface area contributed by atoms with Gasteiger partial charge in [-0.25, -0.2) is 22.5 Å². The van der Waals surface area contributed by atoms with Crippen LogP contribution in [0.15, 0.2) is 58.4 Å². The van der Waals surface area contributed by atoms with Crippen molar-refractivity contribution in [2.75, 3.05) is 14.2 Å². The number of halogens is 7. The molecule has 228 valence electrons. The van der Waals surface area contributed by atoms with Gasteiger partial charge in [-0.15, -0.1) is 0 Å². The van der Waals surface area contributed by atoms with Crippen molar-refractivity contribution in [1.82, 2.24) is 9.97 Å². The van der Waals surface area contributed by atoms with Crippen LogP contribution in [0.1, 0.15) is 0 Å². The summed E-state index contributed by atoms with van der Waals surface area (Å²) < 4.78 is 128. The highest BCUT2D eigenvalue weighted by atomic mass is 35.5. The molecule has 0 atom stereocenters. The van der Waals surface area contributed by atoms with E-state index < -0.39 is 66.8 Å². The van der Waals surface area contributed by atoms with Gasteiger partial charge in [-0.05, 0) is 36.4 Å². The number of nitrogens with one attached hydrogen (secondary N) is 1. The number of benzene rings is 3. The van der Waals surface area contributed by atoms with Gasteiger partial charge in [0.05, 0.1) is 19.2 Å². The molecule has 3 aromatic carbocycles. The van der Waals surface area contributed by atoms with Crippen LogP contribution in [0.4, 0.5) is 26.3 Å². The molecule has 2 heterocycles. The van der Waals surface area contributed by atoms with E-state index in [2.05, 4.69) is 14.2 Å². The lowest BCUT2D eigenvalue weighted by atomic mass is 9.96. The molecule has 0 aliphatic carbocycles. The lowest BCUT2D eigenvalue weighted by Crippen LogP contribution is -2.16. The van der Waals surface area contributed by atoms with Crippen LogP contribution in [0.25, 0.3) is 33.2 Å². The van der Waals surface area contributed by atoms with Crippen LogP contribution in [0.3, 0.4) is 0 Å². The second-order valence-electron chi connectivity index (χ2n) is 8.90. The van der Waals surface area contributed by atoms with E-state index >= 15 is 4.39 Å². The molecule has 8 nitrogen and oxygen atoms in total. The van der Waals surface area contributed by atoms with Gasteiger partial charge in [0, 0.05) is 45.4 Å². The Kier molecular flexibility index (Phi) is 7.94. The Morgan fingerprint density at radius 3 is 2.09 bits per heavy atom. The highest BCUT2D eigenvalue weighted by Crippen LogP contribution is 2.44. The largest absolute Gasteiger partial charge is 0.496 e. The molecule has 0 saturated carbocycles. The summed E-state index contributed by atoms with van der Waals surface area (Å²) in [6.45, 7) is 0. The van der Waals surface area contributed by atoms with Crippen molar-refractivity contribution in [3.8, 4) is 39.6 Å². The monoisotopic (exact) mass is 656 g/mol. The summed E-state index contributed by atoms with van der Waals surface area (Å²) in [5.74, 6) is -15.8. The first-order valence-electron chi connectivity index (χ1n) is 12.0. The van der Waals surface area contributed by atoms with Crippen molar-refractivity contribution < 1.29 is 48.4 Å². The van der Waals surface area contributed by atoms with Crippen molar-refractivity contribution in [1.29, 1.82) is 0 Å². The van der Waals surface area contributed by atoms with Crippen LogP contribution in [-0.2, 0) is 10.1 Å². The van der Waals surface area contributed by atoms with Crippen molar-refractivity contribution in [2.45, 2.75) is 4.90 Å². The number of H-pyrrole nitrogens is 1. The number of pyridine rings is 2. The number of aromatic amines is 1. The second kappa shape index (κ2) is 11.4. The van der Waals surface area contributed by atoms with Gasteiger partial charge in [0.2, 0.25) is 46.3 Å². The van der Waals surface area contributed by atoms with Crippen molar-refractivity contribution in [2.24, 2.45) is 0 Å². The molecule has 44 heavy (non-hydrogen) atoms. The summed E-state index contributed by atoms with van der Waals surface area (Å²) in [6.07, 6.45) is 1.26. The lowest BCUT2D eigenvalue weighted by molar-refractivity contribution is 0.347. The third kappa shape index (κ3) is 5.17. The van der Waals surface area contributed by atoms with Crippen LogP contribution in [0.5, 0.6) is 17.4 Å². The molecule has 1 N–H and O–H groups in total. The average Bonchev–Trinajstić information content (AvgIpc) is 3.00. The molecule has 0 saturated heterocycles. The maximum Gasteiger partial charge on any atom is 0.340 e. The second-order valence-corrected chi connectivity index (χ2v) is 10.9. The SMILES string of the molecule is COc1cc(-c2cc(Cl)cnc2OC)c(F)cc1-c1c(S(=O)(=O)Oc2c(F)c(F)c(F)c(F)c2F)ccc2[nH]c(=O)ccc12. The van der Waals surface area contributed by atoms with Gasteiger partial charge in [0.25, 0.3) is 0 Å². The van der Waals surface area contributed by atoms with Crippen LogP contribution < -0.4 is 19.2 Å². The molecule has 5 rings (SSSR count). The molecule has 2 aromatic heterocycles. The van der Waals surface area contributed by atoms with E-state index in [9.17, 15) is 35.2 Å². The van der Waals surface area contributed by atoms with Gasteiger partial charge in [-0.3, -0.25) is 4.79 Å². The number of aromatic nitrogens is 2. The molecule has 0 unspecified atom stereocenters. The Balaban J connectivity index is 1.80. The van der Waals surface area contributed by atoms with Crippen molar-refractivity contribution >= 4 is 32.6 Å². The summed E-state index contributed by atoms with van der Waals surface area (Å²) >= 11 is 6.04. The normalized spacial score (nSPS) is 11.6. The van der Waals surface area contributed by atoms with E-state index in [0.29, 0.717) is 0 Å². The summed E-state index contributed by atoms with van der Waals surface area (Å²) in [5.41, 5.74) is -1.33. The summed E-state index contributed by atoms with van der Waals surface area (Å²) in [5, 5.41) is 0.0686. The van der Waals surface area contributed by atoms with Crippen molar-refractivity contribution in [3.63, 3.8) is 0 Å². The van der Waals surface area contributed by atoms with Gasteiger partial charge < -0.3 is 18.6 Å². The lowest BCUT2D eigenvalue weighted by Gasteiger charge is -2.18. The van der Waals surface area contributed by atoms with Crippen LogP contribution in [0.2, 0.25) is 5.02 Å². The number of methoxy groups -OCH3 is 2. The Morgan fingerprint density at radius 1 is 0.795 bits per heavy atom. The fourth-order valence-corrected chi connectivity index (χ4v) is 5.74. The van der Waals surface area contributed by atoms with E-state index in [-0.39, 0.29) is 44.2 Å². The van der Waals surface area contributed by atoms with Gasteiger partial charge in [-0.2, -0.15) is 17.2 Å². The van der Waals surface area contributed by atoms with E-state index in [1.165, 1.54) is 26.5 Å². The number of fused-ring (bicyclic) bond motifs is 1. The van der Waals surface area contributed by atoms with Crippen LogP contribution in [-0.4, -0.2) is 32.6 Å². The fraction of sp³-hybridized carbons (Fsp3) is 0.0714. The Labute approximate surface area is 248 Å². The van der Waals surface area contributed by atoms with Gasteiger partial charge in [0.15, 0.2) is 0 Å². The summed E-state index contributed by atoms with van der Waals surface area (Å²) in [4.78, 5) is 17.5. The Bertz CT molecular complexity index is 2130. The molecule has 0 fully saturated rings. The van der Waals surface area contributed by atoms with Gasteiger partial charge in [-0.1, -0.05) is 11.6 Å². The smallest absolute Gasteiger partial charge is 0.340 e. The Hall–Kier alpha value is -4.76. The zero-order valence-electron chi connectivity index (χ0n) is 22.1. The molecule has 5 aromatic rings. The third-order valence-corrected chi connectivity index (χ3v) is 7.83. The predicted octanol–water partition coefficient (Wildman–Crippen LogP) is 6.53. The highest BCUT2D eigenvalue weighted by molar-refractivity contribution is 7.87. The number of hydrogen-bond acceptors (Lipinski definition) is 7.